The smallest absolute Gasteiger partial charge is 0.217 e. The van der Waals surface area contributed by atoms with Crippen LogP contribution in [0.4, 0.5) is 0 Å². The second-order valence-corrected chi connectivity index (χ2v) is 5.03. The maximum atomic E-state index is 10.6. The molecule has 3 N–H and O–H groups in total. The van der Waals surface area contributed by atoms with Crippen molar-refractivity contribution in [3.63, 3.8) is 0 Å². The van der Waals surface area contributed by atoms with E-state index in [1.54, 1.807) is 0 Å². The van der Waals surface area contributed by atoms with Crippen LogP contribution in [-0.2, 0) is 4.79 Å². The lowest BCUT2D eigenvalue weighted by molar-refractivity contribution is -0.118. The first kappa shape index (κ1) is 13.5. The van der Waals surface area contributed by atoms with E-state index >= 15 is 0 Å². The molecule has 1 saturated carbocycles. The summed E-state index contributed by atoms with van der Waals surface area (Å²) in [7, 11) is 0. The van der Waals surface area contributed by atoms with E-state index < -0.39 is 0 Å². The number of nitrogens with one attached hydrogen (secondary N) is 1. The Morgan fingerprint density at radius 3 is 2.56 bits per heavy atom. The van der Waals surface area contributed by atoms with Crippen molar-refractivity contribution in [3.05, 3.63) is 0 Å². The van der Waals surface area contributed by atoms with Gasteiger partial charge in [-0.1, -0.05) is 19.8 Å². The van der Waals surface area contributed by atoms with E-state index in [2.05, 4.69) is 12.2 Å². The monoisotopic (exact) mass is 226 g/mol. The summed E-state index contributed by atoms with van der Waals surface area (Å²) in [6, 6.07) is 0.681. The van der Waals surface area contributed by atoms with Crippen molar-refractivity contribution in [3.8, 4) is 0 Å². The average molecular weight is 226 g/mol. The molecular formula is C13H26N2O. The number of primary amides is 1. The second kappa shape index (κ2) is 7.66. The molecule has 1 aliphatic carbocycles. The molecule has 0 radical (unpaired) electrons. The van der Waals surface area contributed by atoms with Crippen molar-refractivity contribution in [2.75, 3.05) is 6.54 Å². The molecule has 0 aromatic rings. The largest absolute Gasteiger partial charge is 0.370 e. The highest BCUT2D eigenvalue weighted by Crippen LogP contribution is 2.27. The van der Waals surface area contributed by atoms with E-state index in [0.29, 0.717) is 12.5 Å². The maximum Gasteiger partial charge on any atom is 0.217 e. The Hall–Kier alpha value is -0.570. The third kappa shape index (κ3) is 5.50. The fourth-order valence-electron chi connectivity index (χ4n) is 2.63. The predicted molar refractivity (Wildman–Crippen MR) is 67.1 cm³/mol. The fourth-order valence-corrected chi connectivity index (χ4v) is 2.63. The van der Waals surface area contributed by atoms with Gasteiger partial charge >= 0.3 is 0 Å². The van der Waals surface area contributed by atoms with Gasteiger partial charge in [0.2, 0.25) is 5.91 Å². The molecule has 0 heterocycles. The number of nitrogens with two attached hydrogens (primary N) is 1. The Morgan fingerprint density at radius 2 is 2.00 bits per heavy atom. The van der Waals surface area contributed by atoms with E-state index in [1.807, 2.05) is 0 Å². The van der Waals surface area contributed by atoms with Gasteiger partial charge in [-0.15, -0.1) is 0 Å². The van der Waals surface area contributed by atoms with Crippen molar-refractivity contribution in [2.24, 2.45) is 11.7 Å². The van der Waals surface area contributed by atoms with E-state index in [-0.39, 0.29) is 5.91 Å². The third-order valence-corrected chi connectivity index (χ3v) is 3.58. The minimum Gasteiger partial charge on any atom is -0.370 e. The third-order valence-electron chi connectivity index (χ3n) is 3.58. The normalized spacial score (nSPS) is 25.6. The summed E-state index contributed by atoms with van der Waals surface area (Å²) in [4.78, 5) is 10.6. The van der Waals surface area contributed by atoms with Crippen LogP contribution in [0.15, 0.2) is 0 Å². The molecule has 1 aliphatic rings. The fraction of sp³-hybridized carbons (Fsp3) is 0.923. The molecule has 1 amide bonds. The molecule has 0 saturated heterocycles. The van der Waals surface area contributed by atoms with Crippen LogP contribution in [-0.4, -0.2) is 18.5 Å². The minimum atomic E-state index is -0.187. The van der Waals surface area contributed by atoms with E-state index in [9.17, 15) is 4.79 Å². The van der Waals surface area contributed by atoms with Crippen molar-refractivity contribution in [1.82, 2.24) is 5.32 Å². The first-order chi connectivity index (χ1) is 7.72. The average Bonchev–Trinajstić information content (AvgIpc) is 2.27. The first-order valence-electron chi connectivity index (χ1n) is 6.74. The molecule has 1 rings (SSSR count). The van der Waals surface area contributed by atoms with Crippen LogP contribution in [0.25, 0.3) is 0 Å². The molecule has 0 spiro atoms. The lowest BCUT2D eigenvalue weighted by Crippen LogP contribution is -2.34. The number of hydrogen-bond acceptors (Lipinski definition) is 2. The molecule has 3 heteroatoms. The molecule has 3 nitrogen and oxygen atoms in total. The molecular weight excluding hydrogens is 200 g/mol. The summed E-state index contributed by atoms with van der Waals surface area (Å²) < 4.78 is 0. The Labute approximate surface area is 99.2 Å². The van der Waals surface area contributed by atoms with Gasteiger partial charge in [0.05, 0.1) is 0 Å². The summed E-state index contributed by atoms with van der Waals surface area (Å²) in [5.74, 6) is 0.780. The molecule has 94 valence electrons. The van der Waals surface area contributed by atoms with Gasteiger partial charge in [-0.3, -0.25) is 4.79 Å². The topological polar surface area (TPSA) is 55.1 Å². The lowest BCUT2D eigenvalue weighted by Gasteiger charge is -2.29. The number of carbonyl (C=O) groups excluding carboxylic acids is 1. The van der Waals surface area contributed by atoms with Crippen LogP contribution in [0.1, 0.15) is 58.3 Å². The van der Waals surface area contributed by atoms with Gasteiger partial charge in [-0.2, -0.15) is 0 Å². The van der Waals surface area contributed by atoms with Crippen LogP contribution in [0.5, 0.6) is 0 Å². The second-order valence-electron chi connectivity index (χ2n) is 5.03. The SMILES string of the molecule is CCCC1CCC(NCCCC(N)=O)CC1. The van der Waals surface area contributed by atoms with E-state index in [1.165, 1.54) is 38.5 Å². The highest BCUT2D eigenvalue weighted by molar-refractivity contribution is 5.73. The highest BCUT2D eigenvalue weighted by Gasteiger charge is 2.19. The molecule has 1 fully saturated rings. The van der Waals surface area contributed by atoms with Crippen molar-refractivity contribution < 1.29 is 4.79 Å². The van der Waals surface area contributed by atoms with E-state index in [4.69, 9.17) is 5.73 Å². The molecule has 0 aromatic carbocycles. The summed E-state index contributed by atoms with van der Waals surface area (Å²) in [5, 5.41) is 3.53. The number of amides is 1. The summed E-state index contributed by atoms with van der Waals surface area (Å²) in [5.41, 5.74) is 5.10. The standard InChI is InChI=1S/C13H26N2O/c1-2-4-11-6-8-12(9-7-11)15-10-3-5-13(14)16/h11-12,15H,2-10H2,1H3,(H2,14,16). The molecule has 16 heavy (non-hydrogen) atoms. The van der Waals surface area contributed by atoms with Crippen molar-refractivity contribution >= 4 is 5.91 Å². The predicted octanol–water partition coefficient (Wildman–Crippen LogP) is 2.20. The molecule has 0 aliphatic heterocycles. The van der Waals surface area contributed by atoms with Gasteiger partial charge in [-0.05, 0) is 44.6 Å². The van der Waals surface area contributed by atoms with Crippen LogP contribution in [0.3, 0.4) is 0 Å². The maximum absolute atomic E-state index is 10.6. The van der Waals surface area contributed by atoms with E-state index in [0.717, 1.165) is 18.9 Å². The van der Waals surface area contributed by atoms with Gasteiger partial charge in [0.25, 0.3) is 0 Å². The first-order valence-corrected chi connectivity index (χ1v) is 6.74. The highest BCUT2D eigenvalue weighted by atomic mass is 16.1. The number of carbonyl (C=O) groups is 1. The summed E-state index contributed by atoms with van der Waals surface area (Å²) in [6.07, 6.45) is 9.48. The number of rotatable bonds is 7. The van der Waals surface area contributed by atoms with Gasteiger partial charge in [0, 0.05) is 12.5 Å². The summed E-state index contributed by atoms with van der Waals surface area (Å²) in [6.45, 7) is 3.21. The zero-order chi connectivity index (χ0) is 11.8. The van der Waals surface area contributed by atoms with Gasteiger partial charge in [0.15, 0.2) is 0 Å². The Morgan fingerprint density at radius 1 is 1.31 bits per heavy atom. The van der Waals surface area contributed by atoms with Gasteiger partial charge in [-0.25, -0.2) is 0 Å². The lowest BCUT2D eigenvalue weighted by atomic mass is 9.83. The Balaban J connectivity index is 2.01. The van der Waals surface area contributed by atoms with Crippen LogP contribution < -0.4 is 11.1 Å². The van der Waals surface area contributed by atoms with Crippen molar-refractivity contribution in [1.29, 1.82) is 0 Å². The quantitative estimate of drug-likeness (QED) is 0.654. The minimum absolute atomic E-state index is 0.187. The Bertz CT molecular complexity index is 198. The molecule has 0 aromatic heterocycles. The van der Waals surface area contributed by atoms with Gasteiger partial charge in [0.1, 0.15) is 0 Å². The van der Waals surface area contributed by atoms with Crippen LogP contribution in [0, 0.1) is 5.92 Å². The zero-order valence-corrected chi connectivity index (χ0v) is 10.5. The summed E-state index contributed by atoms with van der Waals surface area (Å²) >= 11 is 0. The number of hydrogen-bond donors (Lipinski definition) is 2. The van der Waals surface area contributed by atoms with Crippen molar-refractivity contribution in [2.45, 2.75) is 64.3 Å². The molecule has 0 atom stereocenters. The molecule has 0 unspecified atom stereocenters. The zero-order valence-electron chi connectivity index (χ0n) is 10.5. The Kier molecular flexibility index (Phi) is 6.46. The molecule has 0 bridgehead atoms. The van der Waals surface area contributed by atoms with Crippen LogP contribution in [0.2, 0.25) is 0 Å². The van der Waals surface area contributed by atoms with Gasteiger partial charge < -0.3 is 11.1 Å². The van der Waals surface area contributed by atoms with Crippen LogP contribution >= 0.6 is 0 Å².